The second-order valence-electron chi connectivity index (χ2n) is 12.0. The zero-order chi connectivity index (χ0) is 37.4. The lowest BCUT2D eigenvalue weighted by Crippen LogP contribution is -2.36. The largest absolute Gasteiger partial charge is 0.493 e. The van der Waals surface area contributed by atoms with Gasteiger partial charge in [0.15, 0.2) is 22.3 Å². The molecule has 0 saturated carbocycles. The number of ether oxygens (including phenoxy) is 4. The Bertz CT molecular complexity index is 2000. The number of thiazole rings is 1. The number of aromatic nitrogens is 1. The summed E-state index contributed by atoms with van der Waals surface area (Å²) in [6.07, 6.45) is 3.83. The van der Waals surface area contributed by atoms with Crippen LogP contribution < -0.4 is 35.6 Å². The molecule has 5 rings (SSSR count). The summed E-state index contributed by atoms with van der Waals surface area (Å²) < 4.78 is 22.2. The fourth-order valence-corrected chi connectivity index (χ4v) is 7.73. The van der Waals surface area contributed by atoms with Gasteiger partial charge in [-0.15, -0.1) is 11.3 Å². The van der Waals surface area contributed by atoms with Crippen LogP contribution in [0.15, 0.2) is 59.4 Å². The monoisotopic (exact) mass is 746 g/mol. The topological polar surface area (TPSA) is 154 Å². The number of fused-ring (bicyclic) bond motifs is 3. The highest BCUT2D eigenvalue weighted by Gasteiger charge is 2.30. The summed E-state index contributed by atoms with van der Waals surface area (Å²) in [5.41, 5.74) is 3.83. The number of carbonyl (C=O) groups excluding carboxylic acids is 3. The van der Waals surface area contributed by atoms with Gasteiger partial charge in [0.05, 0.1) is 40.2 Å². The van der Waals surface area contributed by atoms with E-state index in [-0.39, 0.29) is 27.8 Å². The Morgan fingerprint density at radius 2 is 1.75 bits per heavy atom. The van der Waals surface area contributed by atoms with Crippen molar-refractivity contribution in [1.29, 1.82) is 0 Å². The molecule has 2 unspecified atom stereocenters. The normalized spacial score (nSPS) is 13.8. The Hall–Kier alpha value is -5.08. The third-order valence-electron chi connectivity index (χ3n) is 8.69. The van der Waals surface area contributed by atoms with E-state index in [4.69, 9.17) is 18.9 Å². The number of nitrogens with zero attached hydrogens (tertiary/aromatic N) is 1. The second kappa shape index (κ2) is 17.4. The fraction of sp³-hybridized carbons (Fsp3) is 0.342. The van der Waals surface area contributed by atoms with E-state index in [1.54, 1.807) is 38.1 Å². The minimum absolute atomic E-state index is 0.136. The average molecular weight is 747 g/mol. The van der Waals surface area contributed by atoms with Gasteiger partial charge in [0.2, 0.25) is 23.0 Å². The van der Waals surface area contributed by atoms with E-state index in [0.717, 1.165) is 16.7 Å². The number of aryl methyl sites for hydroxylation is 1. The smallest absolute Gasteiger partial charge is 0.357 e. The summed E-state index contributed by atoms with van der Waals surface area (Å²) in [6.45, 7) is 1.44. The van der Waals surface area contributed by atoms with E-state index in [9.17, 15) is 19.2 Å². The van der Waals surface area contributed by atoms with Gasteiger partial charge in [0, 0.05) is 23.8 Å². The number of anilines is 2. The lowest BCUT2D eigenvalue weighted by atomic mass is 9.95. The molecule has 1 aliphatic carbocycles. The van der Waals surface area contributed by atoms with Crippen molar-refractivity contribution in [3.05, 3.63) is 92.1 Å². The van der Waals surface area contributed by atoms with Crippen LogP contribution in [0.25, 0.3) is 11.1 Å². The molecule has 0 fully saturated rings. The fourth-order valence-electron chi connectivity index (χ4n) is 6.27. The number of hydrogen-bond donors (Lipinski definition) is 3. The number of amides is 2. The zero-order valence-electron chi connectivity index (χ0n) is 29.9. The lowest BCUT2D eigenvalue weighted by Gasteiger charge is -2.19. The molecule has 14 heteroatoms. The van der Waals surface area contributed by atoms with Gasteiger partial charge >= 0.3 is 5.97 Å². The summed E-state index contributed by atoms with van der Waals surface area (Å²) in [7, 11) is 5.91. The Morgan fingerprint density at radius 1 is 1.00 bits per heavy atom. The first-order valence-corrected chi connectivity index (χ1v) is 18.8. The summed E-state index contributed by atoms with van der Waals surface area (Å²) >= 11 is 2.76. The maximum atomic E-state index is 14.0. The van der Waals surface area contributed by atoms with E-state index in [1.165, 1.54) is 38.5 Å². The second-order valence-corrected chi connectivity index (χ2v) is 14.1. The Balaban J connectivity index is 1.53. The SMILES string of the molecule is COC(=O)c1nc(NC(=O)C(CCSC)Nc2ccc3c(cc2=O)C(NC(C)=O)CCc2cc(OC)c(OC)c(OC)c2-3)sc1Cc1ccccc1. The molecule has 12 nitrogen and oxygen atoms in total. The minimum atomic E-state index is -0.831. The van der Waals surface area contributed by atoms with Gasteiger partial charge in [0.25, 0.3) is 0 Å². The van der Waals surface area contributed by atoms with Crippen molar-refractivity contribution in [3.63, 3.8) is 0 Å². The Morgan fingerprint density at radius 3 is 2.40 bits per heavy atom. The van der Waals surface area contributed by atoms with E-state index >= 15 is 0 Å². The quantitative estimate of drug-likeness (QED) is 0.133. The first-order chi connectivity index (χ1) is 25.1. The van der Waals surface area contributed by atoms with Crippen molar-refractivity contribution in [1.82, 2.24) is 10.3 Å². The van der Waals surface area contributed by atoms with Crippen molar-refractivity contribution in [3.8, 4) is 28.4 Å². The van der Waals surface area contributed by atoms with E-state index < -0.39 is 24.0 Å². The molecule has 2 atom stereocenters. The average Bonchev–Trinajstić information content (AvgIpc) is 3.38. The standard InChI is InChI=1S/C38H42N4O8S2/c1-21(43)39-26-14-12-23-19-30(47-2)34(48-3)35(49-4)32(23)24-13-15-27(29(44)20-25(24)26)40-28(16-17-51-6)36(45)42-38-41-33(37(46)50-5)31(52-38)18-22-10-8-7-9-11-22/h7-11,13,15,19-20,26,28H,12,14,16-18H2,1-6H3,(H,39,43)(H,40,44)(H,41,42,45). The predicted molar refractivity (Wildman–Crippen MR) is 204 cm³/mol. The number of nitrogens with one attached hydrogen (secondary N) is 3. The van der Waals surface area contributed by atoms with Crippen LogP contribution >= 0.6 is 23.1 Å². The maximum Gasteiger partial charge on any atom is 0.357 e. The highest BCUT2D eigenvalue weighted by molar-refractivity contribution is 7.98. The van der Waals surface area contributed by atoms with Gasteiger partial charge < -0.3 is 34.9 Å². The van der Waals surface area contributed by atoms with E-state index in [1.807, 2.05) is 42.7 Å². The van der Waals surface area contributed by atoms with E-state index in [0.29, 0.717) is 64.7 Å². The molecule has 0 spiro atoms. The third kappa shape index (κ3) is 8.51. The summed E-state index contributed by atoms with van der Waals surface area (Å²) in [4.78, 5) is 57.9. The number of thioether (sulfide) groups is 1. The summed E-state index contributed by atoms with van der Waals surface area (Å²) in [6, 6.07) is 15.2. The summed E-state index contributed by atoms with van der Waals surface area (Å²) in [5, 5.41) is 9.30. The molecular formula is C38H42N4O8S2. The molecule has 52 heavy (non-hydrogen) atoms. The lowest BCUT2D eigenvalue weighted by molar-refractivity contribution is -0.120. The molecule has 1 aromatic heterocycles. The van der Waals surface area contributed by atoms with Gasteiger partial charge in [-0.25, -0.2) is 9.78 Å². The van der Waals surface area contributed by atoms with Gasteiger partial charge in [-0.2, -0.15) is 11.8 Å². The summed E-state index contributed by atoms with van der Waals surface area (Å²) in [5.74, 6) is 0.706. The van der Waals surface area contributed by atoms with Crippen molar-refractivity contribution < 1.29 is 33.3 Å². The third-order valence-corrected chi connectivity index (χ3v) is 10.3. The minimum Gasteiger partial charge on any atom is -0.493 e. The number of methoxy groups -OCH3 is 4. The highest BCUT2D eigenvalue weighted by atomic mass is 32.2. The van der Waals surface area contributed by atoms with Crippen molar-refractivity contribution >= 4 is 51.7 Å². The molecule has 0 aliphatic heterocycles. The van der Waals surface area contributed by atoms with E-state index in [2.05, 4.69) is 20.9 Å². The van der Waals surface area contributed by atoms with Crippen molar-refractivity contribution in [2.75, 3.05) is 51.1 Å². The first-order valence-electron chi connectivity index (χ1n) is 16.6. The van der Waals surface area contributed by atoms with Crippen molar-refractivity contribution in [2.24, 2.45) is 0 Å². The Labute approximate surface area is 310 Å². The molecule has 0 radical (unpaired) electrons. The first kappa shape index (κ1) is 38.2. The van der Waals surface area contributed by atoms with Crippen LogP contribution in [0.5, 0.6) is 17.2 Å². The number of hydrogen-bond acceptors (Lipinski definition) is 12. The van der Waals surface area contributed by atoms with Gasteiger partial charge in [-0.05, 0) is 71.7 Å². The predicted octanol–water partition coefficient (Wildman–Crippen LogP) is 5.87. The molecular weight excluding hydrogens is 705 g/mol. The van der Waals surface area contributed by atoms with Crippen LogP contribution in [0.4, 0.5) is 10.8 Å². The highest BCUT2D eigenvalue weighted by Crippen LogP contribution is 2.50. The van der Waals surface area contributed by atoms with Gasteiger partial charge in [-0.1, -0.05) is 36.4 Å². The molecule has 4 aromatic rings. The Kier molecular flexibility index (Phi) is 12.8. The van der Waals surface area contributed by atoms with Crippen molar-refractivity contribution in [2.45, 2.75) is 44.7 Å². The van der Waals surface area contributed by atoms with Crippen LogP contribution in [0.3, 0.4) is 0 Å². The number of carbonyl (C=O) groups is 3. The number of benzene rings is 2. The molecule has 1 heterocycles. The number of rotatable bonds is 14. The zero-order valence-corrected chi connectivity index (χ0v) is 31.5. The van der Waals surface area contributed by atoms with Crippen LogP contribution in [-0.2, 0) is 27.2 Å². The van der Waals surface area contributed by atoms with Crippen LogP contribution in [-0.4, -0.2) is 69.3 Å². The molecule has 1 aliphatic rings. The van der Waals surface area contributed by atoms with Crippen LogP contribution in [0.1, 0.15) is 57.9 Å². The maximum absolute atomic E-state index is 14.0. The molecule has 3 N–H and O–H groups in total. The molecule has 3 aromatic carbocycles. The molecule has 274 valence electrons. The molecule has 0 bridgehead atoms. The van der Waals surface area contributed by atoms with Crippen LogP contribution in [0.2, 0.25) is 0 Å². The molecule has 0 saturated heterocycles. The van der Waals surface area contributed by atoms with Gasteiger partial charge in [0.1, 0.15) is 6.04 Å². The van der Waals surface area contributed by atoms with Crippen LogP contribution in [0, 0.1) is 0 Å². The molecule has 2 amide bonds. The number of esters is 1. The van der Waals surface area contributed by atoms with Gasteiger partial charge in [-0.3, -0.25) is 14.4 Å².